The maximum absolute atomic E-state index is 12.1. The van der Waals surface area contributed by atoms with Crippen molar-refractivity contribution in [2.75, 3.05) is 0 Å². The quantitative estimate of drug-likeness (QED) is 0.821. The molecular weight excluding hydrogens is 230 g/mol. The van der Waals surface area contributed by atoms with Crippen LogP contribution in [0.25, 0.3) is 5.65 Å². The molecule has 2 aromatic rings. The molecule has 2 aromatic heterocycles. The van der Waals surface area contributed by atoms with Crippen LogP contribution in [0.2, 0.25) is 0 Å². The zero-order valence-electron chi connectivity index (χ0n) is 10.8. The summed E-state index contributed by atoms with van der Waals surface area (Å²) in [5.74, 6) is -0.373. The van der Waals surface area contributed by atoms with Gasteiger partial charge in [-0.05, 0) is 32.9 Å². The van der Waals surface area contributed by atoms with Gasteiger partial charge >= 0.3 is 5.97 Å². The standard InChI is InChI=1S/C13H17N3O2/c1-13(2,3)18-12(17)10-5-4-6-16-8-9(7-14)15-11(10)16/h4-6,8H,7,14H2,1-3H3. The van der Waals surface area contributed by atoms with Crippen molar-refractivity contribution in [2.45, 2.75) is 32.9 Å². The summed E-state index contributed by atoms with van der Waals surface area (Å²) in [5, 5.41) is 0. The van der Waals surface area contributed by atoms with Crippen LogP contribution in [0, 0.1) is 0 Å². The first-order valence-electron chi connectivity index (χ1n) is 5.81. The molecule has 0 amide bonds. The van der Waals surface area contributed by atoms with Gasteiger partial charge in [0.15, 0.2) is 5.65 Å². The number of aromatic nitrogens is 2. The smallest absolute Gasteiger partial charge is 0.342 e. The van der Waals surface area contributed by atoms with Crippen LogP contribution in [-0.4, -0.2) is 21.0 Å². The number of fused-ring (bicyclic) bond motifs is 1. The lowest BCUT2D eigenvalue weighted by atomic mass is 10.2. The number of carbonyl (C=O) groups is 1. The van der Waals surface area contributed by atoms with Crippen LogP contribution in [0.15, 0.2) is 24.5 Å². The third-order valence-corrected chi connectivity index (χ3v) is 2.36. The number of pyridine rings is 1. The predicted molar refractivity (Wildman–Crippen MR) is 68.3 cm³/mol. The van der Waals surface area contributed by atoms with Crippen molar-refractivity contribution >= 4 is 11.6 Å². The molecule has 0 saturated heterocycles. The van der Waals surface area contributed by atoms with Crippen molar-refractivity contribution in [1.82, 2.24) is 9.38 Å². The summed E-state index contributed by atoms with van der Waals surface area (Å²) in [4.78, 5) is 16.4. The van der Waals surface area contributed by atoms with Gasteiger partial charge in [-0.2, -0.15) is 0 Å². The lowest BCUT2D eigenvalue weighted by Gasteiger charge is -2.19. The molecule has 5 nitrogen and oxygen atoms in total. The molecule has 96 valence electrons. The molecule has 0 radical (unpaired) electrons. The molecule has 0 aliphatic heterocycles. The summed E-state index contributed by atoms with van der Waals surface area (Å²) in [5.41, 5.74) is 6.80. The van der Waals surface area contributed by atoms with E-state index in [2.05, 4.69) is 4.98 Å². The Kier molecular flexibility index (Phi) is 3.09. The first-order chi connectivity index (χ1) is 8.40. The molecule has 0 unspecified atom stereocenters. The third-order valence-electron chi connectivity index (χ3n) is 2.36. The Morgan fingerprint density at radius 2 is 2.22 bits per heavy atom. The van der Waals surface area contributed by atoms with Gasteiger partial charge in [-0.1, -0.05) is 0 Å². The number of hydrogen-bond acceptors (Lipinski definition) is 4. The van der Waals surface area contributed by atoms with Crippen LogP contribution in [0.4, 0.5) is 0 Å². The van der Waals surface area contributed by atoms with Gasteiger partial charge in [-0.15, -0.1) is 0 Å². The predicted octanol–water partition coefficient (Wildman–Crippen LogP) is 1.75. The van der Waals surface area contributed by atoms with Gasteiger partial charge in [0, 0.05) is 18.9 Å². The summed E-state index contributed by atoms with van der Waals surface area (Å²) in [6.07, 6.45) is 3.64. The summed E-state index contributed by atoms with van der Waals surface area (Å²) >= 11 is 0. The Morgan fingerprint density at radius 3 is 2.83 bits per heavy atom. The van der Waals surface area contributed by atoms with Gasteiger partial charge in [0.25, 0.3) is 0 Å². The van der Waals surface area contributed by atoms with Crippen LogP contribution in [0.5, 0.6) is 0 Å². The van der Waals surface area contributed by atoms with Gasteiger partial charge in [-0.25, -0.2) is 9.78 Å². The molecule has 5 heteroatoms. The Hall–Kier alpha value is -1.88. The average molecular weight is 247 g/mol. The Labute approximate surface area is 106 Å². The van der Waals surface area contributed by atoms with E-state index in [4.69, 9.17) is 10.5 Å². The molecule has 18 heavy (non-hydrogen) atoms. The minimum Gasteiger partial charge on any atom is -0.456 e. The van der Waals surface area contributed by atoms with Crippen molar-refractivity contribution in [2.24, 2.45) is 5.73 Å². The molecule has 0 bridgehead atoms. The van der Waals surface area contributed by atoms with Gasteiger partial charge in [0.1, 0.15) is 11.2 Å². The van der Waals surface area contributed by atoms with E-state index < -0.39 is 5.60 Å². The third kappa shape index (κ3) is 2.51. The summed E-state index contributed by atoms with van der Waals surface area (Å²) in [6.45, 7) is 5.85. The van der Waals surface area contributed by atoms with E-state index in [0.29, 0.717) is 17.8 Å². The van der Waals surface area contributed by atoms with E-state index in [0.717, 1.165) is 5.69 Å². The largest absolute Gasteiger partial charge is 0.456 e. The van der Waals surface area contributed by atoms with Crippen LogP contribution < -0.4 is 5.73 Å². The second-order valence-corrected chi connectivity index (χ2v) is 5.09. The van der Waals surface area contributed by atoms with E-state index in [1.807, 2.05) is 33.2 Å². The molecule has 0 spiro atoms. The lowest BCUT2D eigenvalue weighted by molar-refractivity contribution is 0.00712. The number of nitrogens with two attached hydrogens (primary N) is 1. The van der Waals surface area contributed by atoms with Crippen molar-refractivity contribution in [3.05, 3.63) is 35.8 Å². The Morgan fingerprint density at radius 1 is 1.50 bits per heavy atom. The number of ether oxygens (including phenoxy) is 1. The highest BCUT2D eigenvalue weighted by atomic mass is 16.6. The van der Waals surface area contributed by atoms with E-state index >= 15 is 0 Å². The van der Waals surface area contributed by atoms with Crippen LogP contribution >= 0.6 is 0 Å². The van der Waals surface area contributed by atoms with Gasteiger partial charge in [-0.3, -0.25) is 0 Å². The highest BCUT2D eigenvalue weighted by Gasteiger charge is 2.20. The normalized spacial score (nSPS) is 11.8. The first-order valence-corrected chi connectivity index (χ1v) is 5.81. The molecule has 0 saturated carbocycles. The fourth-order valence-electron chi connectivity index (χ4n) is 1.65. The number of hydrogen-bond donors (Lipinski definition) is 1. The van der Waals surface area contributed by atoms with Crippen molar-refractivity contribution in [3.63, 3.8) is 0 Å². The van der Waals surface area contributed by atoms with Crippen molar-refractivity contribution in [1.29, 1.82) is 0 Å². The Balaban J connectivity index is 2.44. The molecular formula is C13H17N3O2. The van der Waals surface area contributed by atoms with Crippen LogP contribution in [0.1, 0.15) is 36.8 Å². The number of carbonyl (C=O) groups excluding carboxylic acids is 1. The van der Waals surface area contributed by atoms with E-state index in [9.17, 15) is 4.79 Å². The maximum atomic E-state index is 12.1. The maximum Gasteiger partial charge on any atom is 0.342 e. The zero-order valence-corrected chi connectivity index (χ0v) is 10.8. The molecule has 2 rings (SSSR count). The first kappa shape index (κ1) is 12.6. The van der Waals surface area contributed by atoms with E-state index in [1.165, 1.54) is 0 Å². The summed E-state index contributed by atoms with van der Waals surface area (Å²) < 4.78 is 7.13. The minimum atomic E-state index is -0.521. The number of rotatable bonds is 2. The number of esters is 1. The topological polar surface area (TPSA) is 69.6 Å². The minimum absolute atomic E-state index is 0.343. The average Bonchev–Trinajstić information content (AvgIpc) is 2.68. The molecule has 0 fully saturated rings. The molecule has 2 N–H and O–H groups in total. The zero-order chi connectivity index (χ0) is 13.3. The second kappa shape index (κ2) is 4.42. The molecule has 0 aliphatic rings. The van der Waals surface area contributed by atoms with Gasteiger partial charge < -0.3 is 14.9 Å². The summed E-state index contributed by atoms with van der Waals surface area (Å²) in [6, 6.07) is 3.49. The van der Waals surface area contributed by atoms with Crippen LogP contribution in [0.3, 0.4) is 0 Å². The lowest BCUT2D eigenvalue weighted by Crippen LogP contribution is -2.24. The number of imidazole rings is 1. The Bertz CT molecular complexity index is 581. The fraction of sp³-hybridized carbons (Fsp3) is 0.385. The number of nitrogens with zero attached hydrogens (tertiary/aromatic N) is 2. The van der Waals surface area contributed by atoms with Gasteiger partial charge in [0.2, 0.25) is 0 Å². The molecule has 0 atom stereocenters. The van der Waals surface area contributed by atoms with Gasteiger partial charge in [0.05, 0.1) is 5.69 Å². The van der Waals surface area contributed by atoms with E-state index in [-0.39, 0.29) is 5.97 Å². The fourth-order valence-corrected chi connectivity index (χ4v) is 1.65. The summed E-state index contributed by atoms with van der Waals surface area (Å²) in [7, 11) is 0. The SMILES string of the molecule is CC(C)(C)OC(=O)c1cccn2cc(CN)nc12. The molecule has 0 aliphatic carbocycles. The molecule has 0 aromatic carbocycles. The van der Waals surface area contributed by atoms with E-state index in [1.54, 1.807) is 16.5 Å². The highest BCUT2D eigenvalue weighted by Crippen LogP contribution is 2.16. The monoisotopic (exact) mass is 247 g/mol. The highest BCUT2D eigenvalue weighted by molar-refractivity contribution is 5.96. The van der Waals surface area contributed by atoms with Crippen molar-refractivity contribution < 1.29 is 9.53 Å². The second-order valence-electron chi connectivity index (χ2n) is 5.09. The molecule has 2 heterocycles. The van der Waals surface area contributed by atoms with Crippen molar-refractivity contribution in [3.8, 4) is 0 Å². The van der Waals surface area contributed by atoms with Crippen LogP contribution in [-0.2, 0) is 11.3 Å².